The van der Waals surface area contributed by atoms with E-state index in [1.165, 1.54) is 7.11 Å². The van der Waals surface area contributed by atoms with Gasteiger partial charge in [-0.1, -0.05) is 35.4 Å². The van der Waals surface area contributed by atoms with Gasteiger partial charge in [0.05, 0.1) is 31.9 Å². The van der Waals surface area contributed by atoms with Crippen LogP contribution in [-0.4, -0.2) is 52.3 Å². The molecular weight excluding hydrogens is 390 g/mol. The van der Waals surface area contributed by atoms with Gasteiger partial charge in [-0.3, -0.25) is 0 Å². The molecule has 0 unspecified atom stereocenters. The van der Waals surface area contributed by atoms with Crippen molar-refractivity contribution in [1.82, 2.24) is 0 Å². The highest BCUT2D eigenvalue weighted by Gasteiger charge is 2.24. The van der Waals surface area contributed by atoms with Crippen LogP contribution in [-0.2, 0) is 25.6 Å². The third-order valence-electron chi connectivity index (χ3n) is 4.13. The maximum absolute atomic E-state index is 12.2. The largest absolute Gasteiger partial charge is 0.497 e. The zero-order chi connectivity index (χ0) is 21.6. The summed E-state index contributed by atoms with van der Waals surface area (Å²) in [4.78, 5) is 15.1. The predicted octanol–water partition coefficient (Wildman–Crippen LogP) is 3.74. The fourth-order valence-electron chi connectivity index (χ4n) is 2.54. The Balaban J connectivity index is 1.95. The van der Waals surface area contributed by atoms with E-state index in [4.69, 9.17) is 29.2 Å². The second-order valence-corrected chi connectivity index (χ2v) is 6.21. The zero-order valence-electron chi connectivity index (χ0n) is 17.0. The highest BCUT2D eigenvalue weighted by molar-refractivity contribution is 5.89. The number of hydrogen-bond donors (Lipinski definition) is 0. The molecule has 0 spiro atoms. The summed E-state index contributed by atoms with van der Waals surface area (Å²) in [6.45, 7) is 0.214. The summed E-state index contributed by atoms with van der Waals surface area (Å²) in [6, 6.07) is 15.3. The van der Waals surface area contributed by atoms with Gasteiger partial charge >= 0.3 is 5.97 Å². The van der Waals surface area contributed by atoms with Crippen LogP contribution in [0.25, 0.3) is 10.4 Å². The molecule has 2 aromatic carbocycles. The SMILES string of the molecule is COCO[C@H](COC(=O)c1ccccc1)[C@@H](COCc1ccc(OC)cc1)N=[N+]=[N-]. The summed E-state index contributed by atoms with van der Waals surface area (Å²) in [7, 11) is 3.07. The smallest absolute Gasteiger partial charge is 0.338 e. The van der Waals surface area contributed by atoms with Gasteiger partial charge in [-0.05, 0) is 35.4 Å². The lowest BCUT2D eigenvalue weighted by molar-refractivity contribution is -0.105. The first-order valence-electron chi connectivity index (χ1n) is 9.25. The van der Waals surface area contributed by atoms with Crippen molar-refractivity contribution in [2.75, 3.05) is 34.2 Å². The van der Waals surface area contributed by atoms with E-state index in [2.05, 4.69) is 10.0 Å². The topological polar surface area (TPSA) is 112 Å². The van der Waals surface area contributed by atoms with E-state index in [0.29, 0.717) is 12.2 Å². The van der Waals surface area contributed by atoms with Gasteiger partial charge in [0.15, 0.2) is 0 Å². The van der Waals surface area contributed by atoms with E-state index in [9.17, 15) is 4.79 Å². The first kappa shape index (κ1) is 23.2. The number of carbonyl (C=O) groups is 1. The van der Waals surface area contributed by atoms with E-state index >= 15 is 0 Å². The molecule has 0 saturated heterocycles. The highest BCUT2D eigenvalue weighted by Crippen LogP contribution is 2.14. The molecular formula is C21H25N3O6. The third-order valence-corrected chi connectivity index (χ3v) is 4.13. The van der Waals surface area contributed by atoms with Gasteiger partial charge in [0.2, 0.25) is 0 Å². The van der Waals surface area contributed by atoms with Crippen LogP contribution in [0.2, 0.25) is 0 Å². The molecule has 30 heavy (non-hydrogen) atoms. The Bertz CT molecular complexity index is 809. The molecule has 2 atom stereocenters. The predicted molar refractivity (Wildman–Crippen MR) is 109 cm³/mol. The molecule has 0 saturated carbocycles. The molecule has 0 aliphatic carbocycles. The van der Waals surface area contributed by atoms with E-state index in [1.54, 1.807) is 37.4 Å². The molecule has 2 rings (SSSR count). The molecule has 0 aliphatic heterocycles. The minimum absolute atomic E-state index is 0.0521. The molecule has 0 fully saturated rings. The van der Waals surface area contributed by atoms with E-state index in [0.717, 1.165) is 11.3 Å². The Morgan fingerprint density at radius 3 is 2.43 bits per heavy atom. The van der Waals surface area contributed by atoms with Crippen LogP contribution < -0.4 is 4.74 Å². The van der Waals surface area contributed by atoms with Gasteiger partial charge < -0.3 is 23.7 Å². The lowest BCUT2D eigenvalue weighted by Gasteiger charge is -2.23. The molecule has 0 N–H and O–H groups in total. The number of rotatable bonds is 13. The van der Waals surface area contributed by atoms with Gasteiger partial charge in [-0.25, -0.2) is 4.79 Å². The van der Waals surface area contributed by atoms with Gasteiger partial charge in [0.25, 0.3) is 0 Å². The summed E-state index contributed by atoms with van der Waals surface area (Å²) < 4.78 is 26.7. The normalized spacial score (nSPS) is 12.5. The van der Waals surface area contributed by atoms with Crippen LogP contribution in [0.4, 0.5) is 0 Å². The van der Waals surface area contributed by atoms with Crippen LogP contribution >= 0.6 is 0 Å². The minimum Gasteiger partial charge on any atom is -0.497 e. The zero-order valence-corrected chi connectivity index (χ0v) is 17.0. The first-order valence-corrected chi connectivity index (χ1v) is 9.25. The van der Waals surface area contributed by atoms with Crippen molar-refractivity contribution in [3.63, 3.8) is 0 Å². The Hall–Kier alpha value is -3.10. The van der Waals surface area contributed by atoms with Crippen LogP contribution in [0, 0.1) is 0 Å². The second kappa shape index (κ2) is 13.2. The molecule has 0 bridgehead atoms. The summed E-state index contributed by atoms with van der Waals surface area (Å²) in [5.41, 5.74) is 10.3. The van der Waals surface area contributed by atoms with Crippen molar-refractivity contribution in [2.24, 2.45) is 5.11 Å². The standard InChI is InChI=1S/C21H25N3O6/c1-26-15-30-20(14-29-21(25)17-6-4-3-5-7-17)19(23-24-22)13-28-12-16-8-10-18(27-2)11-9-16/h3-11,19-20H,12-15H2,1-2H3/t19-,20-/m1/s1. The van der Waals surface area contributed by atoms with E-state index in [-0.39, 0.29) is 20.0 Å². The highest BCUT2D eigenvalue weighted by atomic mass is 16.7. The average Bonchev–Trinajstić information content (AvgIpc) is 2.79. The minimum atomic E-state index is -0.732. The molecule has 2 aromatic rings. The number of ether oxygens (including phenoxy) is 5. The fourth-order valence-corrected chi connectivity index (χ4v) is 2.54. The molecule has 0 heterocycles. The van der Waals surface area contributed by atoms with E-state index in [1.807, 2.05) is 24.3 Å². The van der Waals surface area contributed by atoms with Crippen LogP contribution in [0.15, 0.2) is 59.7 Å². The molecule has 9 heteroatoms. The summed E-state index contributed by atoms with van der Waals surface area (Å²) in [5, 5.41) is 3.75. The summed E-state index contributed by atoms with van der Waals surface area (Å²) in [5.74, 6) is 0.249. The molecule has 0 aromatic heterocycles. The second-order valence-electron chi connectivity index (χ2n) is 6.21. The number of benzene rings is 2. The molecule has 0 aliphatic rings. The lowest BCUT2D eigenvalue weighted by Crippen LogP contribution is -2.36. The number of nitrogens with zero attached hydrogens (tertiary/aromatic N) is 3. The van der Waals surface area contributed by atoms with Gasteiger partial charge in [0.1, 0.15) is 25.3 Å². The number of esters is 1. The average molecular weight is 415 g/mol. The summed E-state index contributed by atoms with van der Waals surface area (Å²) >= 11 is 0. The van der Waals surface area contributed by atoms with Crippen LogP contribution in [0.1, 0.15) is 15.9 Å². The number of hydrogen-bond acceptors (Lipinski definition) is 7. The van der Waals surface area contributed by atoms with Crippen molar-refractivity contribution in [1.29, 1.82) is 0 Å². The molecule has 0 amide bonds. The van der Waals surface area contributed by atoms with E-state index < -0.39 is 18.1 Å². The molecule has 9 nitrogen and oxygen atoms in total. The Morgan fingerprint density at radius 2 is 1.80 bits per heavy atom. The Kier molecular flexibility index (Phi) is 10.2. The fraction of sp³-hybridized carbons (Fsp3) is 0.381. The maximum atomic E-state index is 12.2. The third kappa shape index (κ3) is 7.73. The molecule has 160 valence electrons. The van der Waals surface area contributed by atoms with Crippen molar-refractivity contribution >= 4 is 5.97 Å². The number of azide groups is 1. The molecule has 0 radical (unpaired) electrons. The monoisotopic (exact) mass is 415 g/mol. The Morgan fingerprint density at radius 1 is 1.07 bits per heavy atom. The van der Waals surface area contributed by atoms with Crippen LogP contribution in [0.3, 0.4) is 0 Å². The van der Waals surface area contributed by atoms with Gasteiger partial charge in [0, 0.05) is 12.0 Å². The van der Waals surface area contributed by atoms with Gasteiger partial charge in [-0.15, -0.1) is 0 Å². The van der Waals surface area contributed by atoms with Crippen LogP contribution in [0.5, 0.6) is 5.75 Å². The lowest BCUT2D eigenvalue weighted by atomic mass is 10.2. The summed E-state index contributed by atoms with van der Waals surface area (Å²) in [6.07, 6.45) is -0.732. The maximum Gasteiger partial charge on any atom is 0.338 e. The van der Waals surface area contributed by atoms with Crippen molar-refractivity contribution < 1.29 is 28.5 Å². The Labute approximate surface area is 175 Å². The van der Waals surface area contributed by atoms with Gasteiger partial charge in [-0.2, -0.15) is 0 Å². The number of carbonyl (C=O) groups excluding carboxylic acids is 1. The quantitative estimate of drug-likeness (QED) is 0.162. The van der Waals surface area contributed by atoms with Crippen molar-refractivity contribution in [3.8, 4) is 5.75 Å². The van der Waals surface area contributed by atoms with Crippen molar-refractivity contribution in [2.45, 2.75) is 18.8 Å². The van der Waals surface area contributed by atoms with Crippen molar-refractivity contribution in [3.05, 3.63) is 76.2 Å². The first-order chi connectivity index (χ1) is 14.7. The number of methoxy groups -OCH3 is 2.